The van der Waals surface area contributed by atoms with Gasteiger partial charge in [-0.05, 0) is 54.3 Å². The smallest absolute Gasteiger partial charge is 0.374 e. The third-order valence-corrected chi connectivity index (χ3v) is 9.01. The molecule has 0 spiro atoms. The number of aliphatic hydroxyl groups is 1. The number of hydrogen-bond acceptors (Lipinski definition) is 14. The van der Waals surface area contributed by atoms with E-state index < -0.39 is 75.1 Å². The molecule has 1 amide bonds. The van der Waals surface area contributed by atoms with Gasteiger partial charge in [-0.2, -0.15) is 5.06 Å². The van der Waals surface area contributed by atoms with Crippen LogP contribution in [0.4, 0.5) is 0 Å². The van der Waals surface area contributed by atoms with Gasteiger partial charge >= 0.3 is 35.4 Å². The summed E-state index contributed by atoms with van der Waals surface area (Å²) in [5, 5.41) is 60.2. The summed E-state index contributed by atoms with van der Waals surface area (Å²) in [6, 6.07) is 9.26. The highest BCUT2D eigenvalue weighted by atomic mass is 17.0. The molecule has 2 heterocycles. The highest BCUT2D eigenvalue weighted by molar-refractivity contribution is 5.96. The van der Waals surface area contributed by atoms with Gasteiger partial charge in [0.2, 0.25) is 5.75 Å². The number of rotatable bonds is 9. The van der Waals surface area contributed by atoms with E-state index in [1.54, 1.807) is 20.8 Å². The Hall–Kier alpha value is -5.84. The molecule has 0 aromatic heterocycles. The number of ether oxygens (including phenoxy) is 4. The van der Waals surface area contributed by atoms with Gasteiger partial charge < -0.3 is 39.5 Å². The van der Waals surface area contributed by atoms with E-state index in [4.69, 9.17) is 23.8 Å². The van der Waals surface area contributed by atoms with Crippen LogP contribution < -0.4 is 23.8 Å². The van der Waals surface area contributed by atoms with Crippen LogP contribution in [0.5, 0.6) is 40.2 Å². The second kappa shape index (κ2) is 13.7. The topological polar surface area (TPSA) is 222 Å². The zero-order valence-corrected chi connectivity index (χ0v) is 29.4. The minimum atomic E-state index is -2.61. The summed E-state index contributed by atoms with van der Waals surface area (Å²) in [5.74, 6) is -9.22. The van der Waals surface area contributed by atoms with Crippen molar-refractivity contribution in [3.05, 3.63) is 59.3 Å². The van der Waals surface area contributed by atoms with E-state index in [1.165, 1.54) is 56.3 Å². The predicted molar refractivity (Wildman–Crippen MR) is 179 cm³/mol. The SMILES string of the molecule is CC[C@H](C)C1=C(O)[N@@+]2([O-])Oc3ccc(-c4c(O)c(O)c(-c5ccc(OC(C)=O)cc5)c(OC(C)=O)c4OC(C)=O)cc3O[C@@]2([C@@H](C)CC)C(=O)N1O. The van der Waals surface area contributed by atoms with Gasteiger partial charge in [0.05, 0.1) is 17.0 Å². The van der Waals surface area contributed by atoms with Gasteiger partial charge in [-0.25, -0.2) is 0 Å². The van der Waals surface area contributed by atoms with Crippen LogP contribution in [0.25, 0.3) is 22.3 Å². The average Bonchev–Trinajstić information content (AvgIpc) is 3.08. The number of carbonyl (C=O) groups excluding carboxylic acids is 4. The Labute approximate surface area is 297 Å². The van der Waals surface area contributed by atoms with Gasteiger partial charge in [0, 0.05) is 26.7 Å². The van der Waals surface area contributed by atoms with Gasteiger partial charge in [0.15, 0.2) is 34.4 Å². The van der Waals surface area contributed by atoms with Crippen molar-refractivity contribution >= 4 is 23.8 Å². The number of phenols is 2. The minimum Gasteiger partial charge on any atom is -0.578 e. The number of amides is 1. The van der Waals surface area contributed by atoms with E-state index in [0.717, 1.165) is 13.8 Å². The number of quaternary nitrogens is 1. The molecule has 16 heteroatoms. The first kappa shape index (κ1) is 37.4. The molecule has 5 rings (SSSR count). The first-order valence-electron chi connectivity index (χ1n) is 16.3. The minimum absolute atomic E-state index is 0.0501. The lowest BCUT2D eigenvalue weighted by Gasteiger charge is -2.56. The van der Waals surface area contributed by atoms with Crippen LogP contribution >= 0.6 is 0 Å². The Kier molecular flexibility index (Phi) is 9.86. The molecule has 0 saturated heterocycles. The largest absolute Gasteiger partial charge is 0.578 e. The second-order valence-corrected chi connectivity index (χ2v) is 12.5. The molecule has 4 atom stereocenters. The molecule has 276 valence electrons. The summed E-state index contributed by atoms with van der Waals surface area (Å²) >= 11 is 0. The molecule has 3 aromatic carbocycles. The number of benzene rings is 3. The maximum atomic E-state index is 14.6. The molecule has 2 aliphatic rings. The monoisotopic (exact) mass is 722 g/mol. The number of fused-ring (bicyclic) bond motifs is 2. The molecule has 0 saturated carbocycles. The molecular weight excluding hydrogens is 684 g/mol. The highest BCUT2D eigenvalue weighted by Gasteiger charge is 2.72. The summed E-state index contributed by atoms with van der Waals surface area (Å²) < 4.78 is 22.2. The van der Waals surface area contributed by atoms with Crippen molar-refractivity contribution in [2.45, 2.75) is 67.0 Å². The van der Waals surface area contributed by atoms with Gasteiger partial charge in [-0.3, -0.25) is 29.2 Å². The van der Waals surface area contributed by atoms with E-state index in [9.17, 15) is 44.9 Å². The third kappa shape index (κ3) is 5.89. The molecule has 3 aromatic rings. The average molecular weight is 723 g/mol. The van der Waals surface area contributed by atoms with Crippen molar-refractivity contribution in [3.8, 4) is 62.5 Å². The first-order valence-corrected chi connectivity index (χ1v) is 16.3. The van der Waals surface area contributed by atoms with Crippen LogP contribution in [0, 0.1) is 17.0 Å². The number of hydroxylamine groups is 6. The molecule has 2 aliphatic heterocycles. The van der Waals surface area contributed by atoms with Crippen LogP contribution in [0.1, 0.15) is 61.3 Å². The number of hydrogen-bond donors (Lipinski definition) is 4. The van der Waals surface area contributed by atoms with E-state index in [-0.39, 0.29) is 56.7 Å². The number of nitrogens with zero attached hydrogens (tertiary/aromatic N) is 2. The summed E-state index contributed by atoms with van der Waals surface area (Å²) in [6.07, 6.45) is 0.488. The molecule has 0 fully saturated rings. The van der Waals surface area contributed by atoms with Crippen molar-refractivity contribution in [2.24, 2.45) is 11.8 Å². The molecule has 52 heavy (non-hydrogen) atoms. The predicted octanol–water partition coefficient (Wildman–Crippen LogP) is 5.96. The zero-order valence-electron chi connectivity index (χ0n) is 29.4. The molecule has 0 bridgehead atoms. The van der Waals surface area contributed by atoms with Crippen molar-refractivity contribution in [3.63, 3.8) is 0 Å². The number of allylic oxidation sites excluding steroid dienone is 1. The van der Waals surface area contributed by atoms with Crippen molar-refractivity contribution in [1.29, 1.82) is 0 Å². The highest BCUT2D eigenvalue weighted by Crippen LogP contribution is 2.58. The number of phenolic OH excluding ortho intramolecular Hbond substituents is 2. The summed E-state index contributed by atoms with van der Waals surface area (Å²) in [5.41, 5.74) is -3.50. The van der Waals surface area contributed by atoms with E-state index in [1.807, 2.05) is 0 Å². The second-order valence-electron chi connectivity index (χ2n) is 12.5. The molecule has 4 N–H and O–H groups in total. The van der Waals surface area contributed by atoms with Crippen molar-refractivity contribution < 1.29 is 68.3 Å². The van der Waals surface area contributed by atoms with Crippen LogP contribution in [-0.4, -0.2) is 59.9 Å². The molecule has 0 aliphatic carbocycles. The van der Waals surface area contributed by atoms with Crippen molar-refractivity contribution in [1.82, 2.24) is 5.06 Å². The lowest BCUT2D eigenvalue weighted by atomic mass is 9.89. The van der Waals surface area contributed by atoms with Crippen LogP contribution in [0.15, 0.2) is 54.0 Å². The zero-order chi connectivity index (χ0) is 38.4. The number of esters is 3. The van der Waals surface area contributed by atoms with Crippen LogP contribution in [0.3, 0.4) is 0 Å². The van der Waals surface area contributed by atoms with E-state index in [0.29, 0.717) is 6.42 Å². The summed E-state index contributed by atoms with van der Waals surface area (Å²) in [7, 11) is 0. The third-order valence-electron chi connectivity index (χ3n) is 9.01. The van der Waals surface area contributed by atoms with Crippen molar-refractivity contribution in [2.75, 3.05) is 0 Å². The number of aliphatic hydroxyl groups excluding tert-OH is 1. The normalized spacial score (nSPS) is 20.5. The lowest BCUT2D eigenvalue weighted by Crippen LogP contribution is -2.78. The molecule has 0 radical (unpaired) electrons. The van der Waals surface area contributed by atoms with Gasteiger partial charge in [-0.1, -0.05) is 44.6 Å². The Morgan fingerprint density at radius 2 is 1.35 bits per heavy atom. The number of aromatic hydroxyl groups is 2. The van der Waals surface area contributed by atoms with Gasteiger partial charge in [0.1, 0.15) is 5.75 Å². The fraction of sp³-hybridized carbons (Fsp3) is 0.333. The summed E-state index contributed by atoms with van der Waals surface area (Å²) in [6.45, 7) is 9.81. The Bertz CT molecular complexity index is 2010. The Morgan fingerprint density at radius 3 is 1.85 bits per heavy atom. The van der Waals surface area contributed by atoms with Crippen LogP contribution in [-0.2, 0) is 19.2 Å². The van der Waals surface area contributed by atoms with Crippen LogP contribution in [0.2, 0.25) is 0 Å². The molecular formula is C36H38N2O14. The summed E-state index contributed by atoms with van der Waals surface area (Å²) in [4.78, 5) is 54.0. The molecule has 16 nitrogen and oxygen atoms in total. The maximum Gasteiger partial charge on any atom is 0.374 e. The quantitative estimate of drug-likeness (QED) is 0.0500. The van der Waals surface area contributed by atoms with Gasteiger partial charge in [-0.15, -0.1) is 0 Å². The first-order chi connectivity index (χ1) is 24.4. The maximum absolute atomic E-state index is 14.6. The Balaban J connectivity index is 1.76. The van der Waals surface area contributed by atoms with E-state index >= 15 is 0 Å². The fourth-order valence-electron chi connectivity index (χ4n) is 6.18. The Morgan fingerprint density at radius 1 is 0.827 bits per heavy atom. The number of carbonyl (C=O) groups is 4. The van der Waals surface area contributed by atoms with E-state index in [2.05, 4.69) is 0 Å². The lowest BCUT2D eigenvalue weighted by molar-refractivity contribution is -1.08. The molecule has 0 unspecified atom stereocenters. The van der Waals surface area contributed by atoms with Gasteiger partial charge in [0.25, 0.3) is 0 Å². The standard InChI is InChI=1S/C36H38N2O14/c1-8-17(3)29-34(44)38(47)36(18(4)9-2,35(45)37(29)46)51-26-16-23(12-15-25(26)52-38)28-31(43)30(42)27(22-10-13-24(14-11-22)48-19(5)39)32(49-20(6)40)33(28)50-21(7)41/h10-18,42-44,46H,8-9H2,1-7H3/t17-,18-,36-,38+/m0/s1. The fourth-order valence-corrected chi connectivity index (χ4v) is 6.18.